The Hall–Kier alpha value is -2.76. The Bertz CT molecular complexity index is 674. The summed E-state index contributed by atoms with van der Waals surface area (Å²) >= 11 is 0. The quantitative estimate of drug-likeness (QED) is 0.770. The van der Waals surface area contributed by atoms with Crippen molar-refractivity contribution >= 4 is 6.03 Å². The minimum absolute atomic E-state index is 0.0637. The maximum Gasteiger partial charge on any atom is 0.315 e. The Balaban J connectivity index is 1.93. The Morgan fingerprint density at radius 2 is 1.96 bits per heavy atom. The fourth-order valence-corrected chi connectivity index (χ4v) is 2.47. The van der Waals surface area contributed by atoms with E-state index in [2.05, 4.69) is 15.6 Å². The zero-order valence-corrected chi connectivity index (χ0v) is 14.9. The first-order valence-corrected chi connectivity index (χ1v) is 8.42. The van der Waals surface area contributed by atoms with E-state index in [9.17, 15) is 4.79 Å². The standard InChI is InChI=1S/C19H25N3O3/c1-4-17(14-8-10-16(24-3)11-9-14)22-19(23)21-13-15-7-6-12-20-18(15)25-5-2/h6-12,17H,4-5,13H2,1-3H3,(H2,21,22,23). The second-order valence-corrected chi connectivity index (χ2v) is 5.46. The molecule has 0 saturated carbocycles. The third kappa shape index (κ3) is 5.38. The summed E-state index contributed by atoms with van der Waals surface area (Å²) in [5.74, 6) is 1.34. The molecule has 1 unspecified atom stereocenters. The van der Waals surface area contributed by atoms with Crippen molar-refractivity contribution in [1.29, 1.82) is 0 Å². The molecule has 2 N–H and O–H groups in total. The van der Waals surface area contributed by atoms with Crippen LogP contribution in [0.3, 0.4) is 0 Å². The van der Waals surface area contributed by atoms with Crippen LogP contribution in [0.1, 0.15) is 37.4 Å². The number of benzene rings is 1. The van der Waals surface area contributed by atoms with Gasteiger partial charge < -0.3 is 20.1 Å². The molecule has 134 valence electrons. The molecule has 2 amide bonds. The van der Waals surface area contributed by atoms with Crippen molar-refractivity contribution < 1.29 is 14.3 Å². The Morgan fingerprint density at radius 1 is 1.20 bits per heavy atom. The fourth-order valence-electron chi connectivity index (χ4n) is 2.47. The summed E-state index contributed by atoms with van der Waals surface area (Å²) < 4.78 is 10.6. The van der Waals surface area contributed by atoms with Gasteiger partial charge in [0.25, 0.3) is 0 Å². The summed E-state index contributed by atoms with van der Waals surface area (Å²) in [7, 11) is 1.63. The van der Waals surface area contributed by atoms with Crippen molar-refractivity contribution in [3.8, 4) is 11.6 Å². The number of carbonyl (C=O) groups is 1. The summed E-state index contributed by atoms with van der Waals surface area (Å²) in [4.78, 5) is 16.4. The van der Waals surface area contributed by atoms with Crippen LogP contribution in [0.4, 0.5) is 4.79 Å². The average molecular weight is 343 g/mol. The van der Waals surface area contributed by atoms with Crippen molar-refractivity contribution in [3.05, 3.63) is 53.7 Å². The third-order valence-corrected chi connectivity index (χ3v) is 3.80. The Labute approximate surface area is 148 Å². The number of carbonyl (C=O) groups excluding carboxylic acids is 1. The predicted octanol–water partition coefficient (Wildman–Crippen LogP) is 3.44. The second-order valence-electron chi connectivity index (χ2n) is 5.46. The number of methoxy groups -OCH3 is 1. The maximum absolute atomic E-state index is 12.2. The van der Waals surface area contributed by atoms with E-state index in [0.717, 1.165) is 23.3 Å². The summed E-state index contributed by atoms with van der Waals surface area (Å²) in [5.41, 5.74) is 1.88. The van der Waals surface area contributed by atoms with E-state index in [4.69, 9.17) is 9.47 Å². The zero-order chi connectivity index (χ0) is 18.1. The van der Waals surface area contributed by atoms with Gasteiger partial charge in [-0.25, -0.2) is 9.78 Å². The Kier molecular flexibility index (Phi) is 7.07. The first kappa shape index (κ1) is 18.6. The van der Waals surface area contributed by atoms with Gasteiger partial charge in [-0.3, -0.25) is 0 Å². The number of rotatable bonds is 8. The van der Waals surface area contributed by atoms with Crippen molar-refractivity contribution in [2.24, 2.45) is 0 Å². The van der Waals surface area contributed by atoms with E-state index >= 15 is 0 Å². The van der Waals surface area contributed by atoms with Gasteiger partial charge in [-0.15, -0.1) is 0 Å². The minimum Gasteiger partial charge on any atom is -0.497 e. The summed E-state index contributed by atoms with van der Waals surface area (Å²) in [6.07, 6.45) is 2.46. The highest BCUT2D eigenvalue weighted by Gasteiger charge is 2.13. The van der Waals surface area contributed by atoms with Gasteiger partial charge in [-0.1, -0.05) is 25.1 Å². The lowest BCUT2D eigenvalue weighted by atomic mass is 10.0. The molecule has 1 aromatic heterocycles. The number of ether oxygens (including phenoxy) is 2. The molecule has 0 radical (unpaired) electrons. The van der Waals surface area contributed by atoms with Crippen molar-refractivity contribution in [2.45, 2.75) is 32.9 Å². The van der Waals surface area contributed by atoms with Gasteiger partial charge >= 0.3 is 6.03 Å². The molecule has 0 saturated heterocycles. The molecule has 0 aliphatic heterocycles. The monoisotopic (exact) mass is 343 g/mol. The lowest BCUT2D eigenvalue weighted by Gasteiger charge is -2.18. The predicted molar refractivity (Wildman–Crippen MR) is 96.8 cm³/mol. The van der Waals surface area contributed by atoms with Gasteiger partial charge in [0.15, 0.2) is 0 Å². The molecule has 0 bridgehead atoms. The van der Waals surface area contributed by atoms with Crippen LogP contribution >= 0.6 is 0 Å². The molecule has 0 spiro atoms. The SMILES string of the molecule is CCOc1ncccc1CNC(=O)NC(CC)c1ccc(OC)cc1. The van der Waals surface area contributed by atoms with Crippen LogP contribution in [0, 0.1) is 0 Å². The van der Waals surface area contributed by atoms with Gasteiger partial charge in [0, 0.05) is 18.3 Å². The molecular formula is C19H25N3O3. The summed E-state index contributed by atoms with van der Waals surface area (Å²) in [6, 6.07) is 11.1. The van der Waals surface area contributed by atoms with E-state index in [1.54, 1.807) is 13.3 Å². The van der Waals surface area contributed by atoms with Gasteiger partial charge in [0.05, 0.1) is 19.8 Å². The molecule has 6 nitrogen and oxygen atoms in total. The zero-order valence-electron chi connectivity index (χ0n) is 14.9. The highest BCUT2D eigenvalue weighted by Crippen LogP contribution is 2.20. The molecule has 2 rings (SSSR count). The van der Waals surface area contributed by atoms with Crippen molar-refractivity contribution in [3.63, 3.8) is 0 Å². The minimum atomic E-state index is -0.228. The second kappa shape index (κ2) is 9.52. The third-order valence-electron chi connectivity index (χ3n) is 3.80. The first-order valence-electron chi connectivity index (χ1n) is 8.42. The molecule has 1 atom stereocenters. The van der Waals surface area contributed by atoms with Crippen LogP contribution in [-0.2, 0) is 6.54 Å². The molecule has 2 aromatic rings. The van der Waals surface area contributed by atoms with Gasteiger partial charge in [0.1, 0.15) is 5.75 Å². The molecule has 0 aliphatic carbocycles. The van der Waals surface area contributed by atoms with E-state index in [1.165, 1.54) is 0 Å². The van der Waals surface area contributed by atoms with Gasteiger partial charge in [0.2, 0.25) is 5.88 Å². The molecule has 1 aromatic carbocycles. The fraction of sp³-hybridized carbons (Fsp3) is 0.368. The van der Waals surface area contributed by atoms with Gasteiger partial charge in [-0.2, -0.15) is 0 Å². The first-order chi connectivity index (χ1) is 12.2. The molecular weight excluding hydrogens is 318 g/mol. The van der Waals surface area contributed by atoms with Crippen molar-refractivity contribution in [2.75, 3.05) is 13.7 Å². The number of nitrogens with zero attached hydrogens (tertiary/aromatic N) is 1. The Morgan fingerprint density at radius 3 is 2.60 bits per heavy atom. The van der Waals surface area contributed by atoms with E-state index in [-0.39, 0.29) is 12.1 Å². The number of hydrogen-bond acceptors (Lipinski definition) is 4. The molecule has 0 aliphatic rings. The lowest BCUT2D eigenvalue weighted by Crippen LogP contribution is -2.37. The normalized spacial score (nSPS) is 11.5. The van der Waals surface area contributed by atoms with Crippen LogP contribution < -0.4 is 20.1 Å². The maximum atomic E-state index is 12.2. The largest absolute Gasteiger partial charge is 0.497 e. The highest BCUT2D eigenvalue weighted by molar-refractivity contribution is 5.74. The average Bonchev–Trinajstić information content (AvgIpc) is 2.66. The highest BCUT2D eigenvalue weighted by atomic mass is 16.5. The topological polar surface area (TPSA) is 72.5 Å². The number of nitrogens with one attached hydrogen (secondary N) is 2. The van der Waals surface area contributed by atoms with Crippen LogP contribution in [0.5, 0.6) is 11.6 Å². The van der Waals surface area contributed by atoms with E-state index in [1.807, 2.05) is 50.2 Å². The summed E-state index contributed by atoms with van der Waals surface area (Å²) in [6.45, 7) is 4.82. The number of aromatic nitrogens is 1. The van der Waals surface area contributed by atoms with Crippen LogP contribution in [0.2, 0.25) is 0 Å². The van der Waals surface area contributed by atoms with Crippen molar-refractivity contribution in [1.82, 2.24) is 15.6 Å². The van der Waals surface area contributed by atoms with E-state index < -0.39 is 0 Å². The lowest BCUT2D eigenvalue weighted by molar-refractivity contribution is 0.236. The molecule has 1 heterocycles. The van der Waals surface area contributed by atoms with E-state index in [0.29, 0.717) is 19.0 Å². The summed E-state index contributed by atoms with van der Waals surface area (Å²) in [5, 5.41) is 5.85. The smallest absolute Gasteiger partial charge is 0.315 e. The molecule has 0 fully saturated rings. The molecule has 6 heteroatoms. The number of hydrogen-bond donors (Lipinski definition) is 2. The molecule has 25 heavy (non-hydrogen) atoms. The number of amides is 2. The van der Waals surface area contributed by atoms with Gasteiger partial charge in [-0.05, 0) is 37.1 Å². The van der Waals surface area contributed by atoms with Crippen LogP contribution in [-0.4, -0.2) is 24.7 Å². The number of pyridine rings is 1. The van der Waals surface area contributed by atoms with Crippen LogP contribution in [0.25, 0.3) is 0 Å². The number of urea groups is 1. The van der Waals surface area contributed by atoms with Crippen LogP contribution in [0.15, 0.2) is 42.6 Å².